The second-order valence-corrected chi connectivity index (χ2v) is 6.46. The topological polar surface area (TPSA) is 30.5 Å². The molecule has 0 aromatic heterocycles. The van der Waals surface area contributed by atoms with E-state index in [4.69, 9.17) is 32.7 Å². The van der Waals surface area contributed by atoms with Gasteiger partial charge in [0.2, 0.25) is 0 Å². The first-order valence-corrected chi connectivity index (χ1v) is 8.48. The molecular formula is C18H19Cl2NO2. The molecule has 0 bridgehead atoms. The van der Waals surface area contributed by atoms with Crippen LogP contribution in [0.2, 0.25) is 10.0 Å². The fraction of sp³-hybridized carbons (Fsp3) is 0.333. The molecule has 1 aliphatic carbocycles. The minimum atomic E-state index is 0.282. The molecule has 0 saturated heterocycles. The molecule has 0 atom stereocenters. The normalized spacial score (nSPS) is 14.7. The molecule has 1 saturated carbocycles. The van der Waals surface area contributed by atoms with Crippen LogP contribution in [0.4, 0.5) is 11.4 Å². The number of ether oxygens (including phenoxy) is 2. The number of rotatable bonds is 5. The molecule has 2 aromatic rings. The van der Waals surface area contributed by atoms with Crippen molar-refractivity contribution in [3.63, 3.8) is 0 Å². The van der Waals surface area contributed by atoms with Crippen molar-refractivity contribution in [1.29, 1.82) is 0 Å². The van der Waals surface area contributed by atoms with Crippen LogP contribution >= 0.6 is 23.2 Å². The van der Waals surface area contributed by atoms with E-state index < -0.39 is 0 Å². The SMILES string of the molecule is COc1ccc(Nc2ccc(Cl)c(Cl)c2)cc1OC1CCCC1. The van der Waals surface area contributed by atoms with E-state index in [1.54, 1.807) is 19.2 Å². The van der Waals surface area contributed by atoms with E-state index in [9.17, 15) is 0 Å². The van der Waals surface area contributed by atoms with Crippen molar-refractivity contribution < 1.29 is 9.47 Å². The lowest BCUT2D eigenvalue weighted by atomic mass is 10.2. The Kier molecular flexibility index (Phi) is 5.19. The zero-order valence-electron chi connectivity index (χ0n) is 12.9. The van der Waals surface area contributed by atoms with Crippen molar-refractivity contribution >= 4 is 34.6 Å². The van der Waals surface area contributed by atoms with Crippen molar-refractivity contribution in [3.8, 4) is 11.5 Å². The van der Waals surface area contributed by atoms with Gasteiger partial charge in [0, 0.05) is 17.4 Å². The Morgan fingerprint density at radius 2 is 1.61 bits per heavy atom. The fourth-order valence-electron chi connectivity index (χ4n) is 2.77. The van der Waals surface area contributed by atoms with Gasteiger partial charge in [0.05, 0.1) is 23.3 Å². The minimum Gasteiger partial charge on any atom is -0.493 e. The van der Waals surface area contributed by atoms with Crippen molar-refractivity contribution in [2.45, 2.75) is 31.8 Å². The maximum absolute atomic E-state index is 6.11. The molecule has 122 valence electrons. The van der Waals surface area contributed by atoms with Gasteiger partial charge in [-0.3, -0.25) is 0 Å². The van der Waals surface area contributed by atoms with Crippen LogP contribution in [0.5, 0.6) is 11.5 Å². The Morgan fingerprint density at radius 1 is 0.913 bits per heavy atom. The van der Waals surface area contributed by atoms with Crippen LogP contribution in [-0.4, -0.2) is 13.2 Å². The largest absolute Gasteiger partial charge is 0.493 e. The number of methoxy groups -OCH3 is 1. The molecule has 0 unspecified atom stereocenters. The van der Waals surface area contributed by atoms with Gasteiger partial charge < -0.3 is 14.8 Å². The second-order valence-electron chi connectivity index (χ2n) is 5.64. The van der Waals surface area contributed by atoms with Gasteiger partial charge in [0.1, 0.15) is 0 Å². The summed E-state index contributed by atoms with van der Waals surface area (Å²) in [5, 5.41) is 4.37. The zero-order chi connectivity index (χ0) is 16.2. The molecule has 0 heterocycles. The molecule has 2 aromatic carbocycles. The smallest absolute Gasteiger partial charge is 0.163 e. The number of hydrogen-bond donors (Lipinski definition) is 1. The van der Waals surface area contributed by atoms with Gasteiger partial charge >= 0.3 is 0 Å². The number of benzene rings is 2. The van der Waals surface area contributed by atoms with Gasteiger partial charge in [-0.15, -0.1) is 0 Å². The number of hydrogen-bond acceptors (Lipinski definition) is 3. The Hall–Kier alpha value is -1.58. The van der Waals surface area contributed by atoms with Crippen LogP contribution in [0.1, 0.15) is 25.7 Å². The van der Waals surface area contributed by atoms with Crippen molar-refractivity contribution in [2.24, 2.45) is 0 Å². The Morgan fingerprint density at radius 3 is 2.30 bits per heavy atom. The highest BCUT2D eigenvalue weighted by Gasteiger charge is 2.18. The molecular weight excluding hydrogens is 333 g/mol. The van der Waals surface area contributed by atoms with Crippen molar-refractivity contribution in [2.75, 3.05) is 12.4 Å². The highest BCUT2D eigenvalue weighted by atomic mass is 35.5. The number of anilines is 2. The highest BCUT2D eigenvalue weighted by molar-refractivity contribution is 6.42. The van der Waals surface area contributed by atoms with E-state index in [1.165, 1.54) is 12.8 Å². The van der Waals surface area contributed by atoms with E-state index in [0.29, 0.717) is 10.0 Å². The third kappa shape index (κ3) is 4.04. The van der Waals surface area contributed by atoms with E-state index >= 15 is 0 Å². The predicted octanol–water partition coefficient (Wildman–Crippen LogP) is 6.07. The van der Waals surface area contributed by atoms with E-state index in [0.717, 1.165) is 35.7 Å². The molecule has 0 spiro atoms. The Bertz CT molecular complexity index is 685. The second kappa shape index (κ2) is 7.33. The summed E-state index contributed by atoms with van der Waals surface area (Å²) in [5.74, 6) is 1.51. The fourth-order valence-corrected chi connectivity index (χ4v) is 3.07. The molecule has 0 radical (unpaired) electrons. The first kappa shape index (κ1) is 16.3. The molecule has 1 aliphatic rings. The first-order valence-electron chi connectivity index (χ1n) is 7.72. The molecule has 3 rings (SSSR count). The Labute approximate surface area is 146 Å². The summed E-state index contributed by atoms with van der Waals surface area (Å²) in [7, 11) is 1.66. The predicted molar refractivity (Wildman–Crippen MR) is 95.6 cm³/mol. The van der Waals surface area contributed by atoms with E-state index in [-0.39, 0.29) is 6.10 Å². The first-order chi connectivity index (χ1) is 11.2. The minimum absolute atomic E-state index is 0.282. The summed E-state index contributed by atoms with van der Waals surface area (Å²) in [5.41, 5.74) is 1.79. The van der Waals surface area contributed by atoms with E-state index in [2.05, 4.69) is 5.32 Å². The standard InChI is InChI=1S/C18H19Cl2NO2/c1-22-17-9-7-13(11-18(17)23-14-4-2-3-5-14)21-12-6-8-15(19)16(20)10-12/h6-11,14,21H,2-5H2,1H3. The third-order valence-corrected chi connectivity index (χ3v) is 4.71. The van der Waals surface area contributed by atoms with Crippen LogP contribution in [0, 0.1) is 0 Å². The van der Waals surface area contributed by atoms with Gasteiger partial charge in [0.25, 0.3) is 0 Å². The third-order valence-electron chi connectivity index (χ3n) is 3.97. The van der Waals surface area contributed by atoms with Crippen LogP contribution in [-0.2, 0) is 0 Å². The summed E-state index contributed by atoms with van der Waals surface area (Å²) < 4.78 is 11.5. The van der Waals surface area contributed by atoms with Gasteiger partial charge in [-0.1, -0.05) is 23.2 Å². The van der Waals surface area contributed by atoms with Crippen LogP contribution in [0.25, 0.3) is 0 Å². The van der Waals surface area contributed by atoms with Crippen molar-refractivity contribution in [3.05, 3.63) is 46.4 Å². The molecule has 3 nitrogen and oxygen atoms in total. The van der Waals surface area contributed by atoms with Crippen LogP contribution < -0.4 is 14.8 Å². The maximum atomic E-state index is 6.11. The Balaban J connectivity index is 1.80. The molecule has 1 N–H and O–H groups in total. The van der Waals surface area contributed by atoms with Gasteiger partial charge in [-0.25, -0.2) is 0 Å². The molecule has 5 heteroatoms. The zero-order valence-corrected chi connectivity index (χ0v) is 14.5. The van der Waals surface area contributed by atoms with Crippen molar-refractivity contribution in [1.82, 2.24) is 0 Å². The lowest BCUT2D eigenvalue weighted by Crippen LogP contribution is -2.11. The van der Waals surface area contributed by atoms with Gasteiger partial charge in [0.15, 0.2) is 11.5 Å². The van der Waals surface area contributed by atoms with E-state index in [1.807, 2.05) is 24.3 Å². The summed E-state index contributed by atoms with van der Waals surface area (Å²) in [6, 6.07) is 11.3. The summed E-state index contributed by atoms with van der Waals surface area (Å²) in [4.78, 5) is 0. The monoisotopic (exact) mass is 351 g/mol. The number of nitrogens with one attached hydrogen (secondary N) is 1. The number of halogens is 2. The van der Waals surface area contributed by atoms with Crippen LogP contribution in [0.3, 0.4) is 0 Å². The van der Waals surface area contributed by atoms with Gasteiger partial charge in [-0.05, 0) is 56.0 Å². The quantitative estimate of drug-likeness (QED) is 0.709. The maximum Gasteiger partial charge on any atom is 0.163 e. The molecule has 23 heavy (non-hydrogen) atoms. The summed E-state index contributed by atoms with van der Waals surface area (Å²) >= 11 is 12.0. The average Bonchev–Trinajstić information content (AvgIpc) is 3.04. The molecule has 0 amide bonds. The summed E-state index contributed by atoms with van der Waals surface area (Å²) in [6.07, 6.45) is 4.95. The summed E-state index contributed by atoms with van der Waals surface area (Å²) in [6.45, 7) is 0. The highest BCUT2D eigenvalue weighted by Crippen LogP contribution is 2.35. The lowest BCUT2D eigenvalue weighted by Gasteiger charge is -2.17. The molecule has 1 fully saturated rings. The average molecular weight is 352 g/mol. The lowest BCUT2D eigenvalue weighted by molar-refractivity contribution is 0.201. The molecule has 0 aliphatic heterocycles. The van der Waals surface area contributed by atoms with Crippen LogP contribution in [0.15, 0.2) is 36.4 Å². The van der Waals surface area contributed by atoms with Gasteiger partial charge in [-0.2, -0.15) is 0 Å².